The van der Waals surface area contributed by atoms with Crippen LogP contribution in [0.15, 0.2) is 23.6 Å². The summed E-state index contributed by atoms with van der Waals surface area (Å²) in [4.78, 5) is 51.7. The third-order valence-corrected chi connectivity index (χ3v) is 10.6. The highest BCUT2D eigenvalue weighted by Crippen LogP contribution is 2.44. The molecule has 1 aliphatic carbocycles. The zero-order chi connectivity index (χ0) is 28.8. The number of hydrogen-bond acceptors (Lipinski definition) is 8. The third kappa shape index (κ3) is 5.30. The third-order valence-electron chi connectivity index (χ3n) is 9.71. The molecule has 4 fully saturated rings. The van der Waals surface area contributed by atoms with E-state index in [1.165, 1.54) is 0 Å². The Kier molecular flexibility index (Phi) is 7.91. The SMILES string of the molecule is CC(C)[C@@H]1CN(C(=O)[C@H](c2cc(-c3csc(N4CCN(C)CC4)n3)ccc2C(N)=O)C2CCCC2)[C@@H]2C(=O)CO[C@@H]21. The molecule has 2 aromatic rings. The second kappa shape index (κ2) is 11.5. The van der Waals surface area contributed by atoms with Crippen LogP contribution in [-0.2, 0) is 14.3 Å². The van der Waals surface area contributed by atoms with Crippen LogP contribution in [0.3, 0.4) is 0 Å². The van der Waals surface area contributed by atoms with Gasteiger partial charge in [-0.05, 0) is 49.4 Å². The van der Waals surface area contributed by atoms with Crippen molar-refractivity contribution >= 4 is 34.1 Å². The van der Waals surface area contributed by atoms with Gasteiger partial charge in [0.25, 0.3) is 0 Å². The first-order valence-corrected chi connectivity index (χ1v) is 15.9. The van der Waals surface area contributed by atoms with Crippen LogP contribution in [0.4, 0.5) is 5.13 Å². The molecule has 4 heterocycles. The second-order valence-corrected chi connectivity index (χ2v) is 13.4. The number of ether oxygens (including phenoxy) is 1. The molecule has 1 aromatic carbocycles. The molecule has 2 N–H and O–H groups in total. The van der Waals surface area contributed by atoms with Crippen LogP contribution in [0, 0.1) is 17.8 Å². The summed E-state index contributed by atoms with van der Waals surface area (Å²) in [6.07, 6.45) is 3.64. The Morgan fingerprint density at radius 3 is 2.54 bits per heavy atom. The standard InChI is InChI=1S/C31H41N5O4S/c1-18(2)23-15-36(27-25(37)16-40-28(23)27)30(39)26(19-6-4-5-7-19)22-14-20(8-9-21(22)29(32)38)24-17-41-31(33-24)35-12-10-34(3)11-13-35/h8-9,14,17-19,23,26-28H,4-7,10-13,15-16H2,1-3H3,(H2,32,38)/t23-,26-,27+,28+/m0/s1. The summed E-state index contributed by atoms with van der Waals surface area (Å²) in [7, 11) is 2.13. The zero-order valence-electron chi connectivity index (χ0n) is 24.3. The Bertz CT molecular complexity index is 1310. The number of benzene rings is 1. The van der Waals surface area contributed by atoms with E-state index in [1.807, 2.05) is 12.1 Å². The number of primary amides is 1. The molecule has 41 heavy (non-hydrogen) atoms. The number of carbonyl (C=O) groups is 3. The highest BCUT2D eigenvalue weighted by atomic mass is 32.1. The molecule has 4 atom stereocenters. The maximum absolute atomic E-state index is 14.6. The molecule has 4 aliphatic rings. The largest absolute Gasteiger partial charge is 0.367 e. The summed E-state index contributed by atoms with van der Waals surface area (Å²) in [6.45, 7) is 8.66. The van der Waals surface area contributed by atoms with E-state index in [-0.39, 0.29) is 42.2 Å². The molecule has 3 saturated heterocycles. The average Bonchev–Trinajstić information content (AvgIpc) is 3.75. The zero-order valence-corrected chi connectivity index (χ0v) is 25.1. The Morgan fingerprint density at radius 1 is 1.12 bits per heavy atom. The molecule has 0 unspecified atom stereocenters. The molecule has 0 spiro atoms. The van der Waals surface area contributed by atoms with Crippen molar-refractivity contribution in [2.75, 3.05) is 51.3 Å². The van der Waals surface area contributed by atoms with Crippen molar-refractivity contribution in [3.8, 4) is 11.3 Å². The number of ketones is 1. The first-order chi connectivity index (χ1) is 19.7. The summed E-state index contributed by atoms with van der Waals surface area (Å²) in [5.74, 6) is -0.732. The maximum atomic E-state index is 14.6. The van der Waals surface area contributed by atoms with E-state index in [0.29, 0.717) is 17.7 Å². The van der Waals surface area contributed by atoms with Gasteiger partial charge < -0.3 is 25.2 Å². The lowest BCUT2D eigenvalue weighted by molar-refractivity contribution is -0.138. The first-order valence-electron chi connectivity index (χ1n) is 15.0. The molecule has 9 nitrogen and oxygen atoms in total. The summed E-state index contributed by atoms with van der Waals surface area (Å²) >= 11 is 1.62. The average molecular weight is 580 g/mol. The first kappa shape index (κ1) is 28.3. The van der Waals surface area contributed by atoms with Gasteiger partial charge in [-0.25, -0.2) is 4.98 Å². The topological polar surface area (TPSA) is 109 Å². The lowest BCUT2D eigenvalue weighted by Crippen LogP contribution is -2.45. The van der Waals surface area contributed by atoms with E-state index in [9.17, 15) is 14.4 Å². The molecular formula is C31H41N5O4S. The van der Waals surface area contributed by atoms with Crippen molar-refractivity contribution in [1.82, 2.24) is 14.8 Å². The van der Waals surface area contributed by atoms with Crippen molar-refractivity contribution in [2.45, 2.75) is 57.6 Å². The minimum atomic E-state index is -0.552. The fourth-order valence-electron chi connectivity index (χ4n) is 7.31. The van der Waals surface area contributed by atoms with Gasteiger partial charge >= 0.3 is 0 Å². The van der Waals surface area contributed by atoms with E-state index in [1.54, 1.807) is 22.3 Å². The summed E-state index contributed by atoms with van der Waals surface area (Å²) in [5.41, 5.74) is 8.66. The Morgan fingerprint density at radius 2 is 1.85 bits per heavy atom. The number of fused-ring (bicyclic) bond motifs is 1. The molecule has 220 valence electrons. The summed E-state index contributed by atoms with van der Waals surface area (Å²) in [6, 6.07) is 5.05. The van der Waals surface area contributed by atoms with Crippen LogP contribution >= 0.6 is 11.3 Å². The van der Waals surface area contributed by atoms with Crippen molar-refractivity contribution < 1.29 is 19.1 Å². The van der Waals surface area contributed by atoms with Gasteiger partial charge in [0.2, 0.25) is 11.8 Å². The highest BCUT2D eigenvalue weighted by Gasteiger charge is 2.54. The van der Waals surface area contributed by atoms with Crippen molar-refractivity contribution in [2.24, 2.45) is 23.5 Å². The number of rotatable bonds is 7. The number of thiazole rings is 1. The number of aromatic nitrogens is 1. The number of likely N-dealkylation sites (N-methyl/N-ethyl adjacent to an activating group) is 1. The van der Waals surface area contributed by atoms with E-state index in [2.05, 4.69) is 36.1 Å². The summed E-state index contributed by atoms with van der Waals surface area (Å²) in [5, 5.41) is 3.04. The molecule has 10 heteroatoms. The molecule has 0 bridgehead atoms. The monoisotopic (exact) mass is 579 g/mol. The van der Waals surface area contributed by atoms with Gasteiger partial charge in [0.05, 0.1) is 17.7 Å². The van der Waals surface area contributed by atoms with Crippen LogP contribution in [0.25, 0.3) is 11.3 Å². The lowest BCUT2D eigenvalue weighted by atomic mass is 9.80. The number of amides is 2. The molecule has 0 radical (unpaired) electrons. The number of nitrogens with zero attached hydrogens (tertiary/aromatic N) is 4. The molecule has 6 rings (SSSR count). The fraction of sp³-hybridized carbons (Fsp3) is 0.613. The van der Waals surface area contributed by atoms with Crippen LogP contribution < -0.4 is 10.6 Å². The lowest BCUT2D eigenvalue weighted by Gasteiger charge is -2.32. The van der Waals surface area contributed by atoms with Gasteiger partial charge in [-0.2, -0.15) is 0 Å². The smallest absolute Gasteiger partial charge is 0.249 e. The number of Topliss-reactive ketones (excluding diaryl/α,β-unsaturated/α-hetero) is 1. The molecule has 2 amide bonds. The van der Waals surface area contributed by atoms with Crippen molar-refractivity contribution in [3.63, 3.8) is 0 Å². The minimum Gasteiger partial charge on any atom is -0.367 e. The van der Waals surface area contributed by atoms with Crippen LogP contribution in [-0.4, -0.2) is 90.9 Å². The Labute approximate surface area is 246 Å². The number of nitrogens with two attached hydrogens (primary N) is 1. The van der Waals surface area contributed by atoms with Gasteiger partial charge in [-0.15, -0.1) is 11.3 Å². The van der Waals surface area contributed by atoms with E-state index in [4.69, 9.17) is 15.5 Å². The predicted octanol–water partition coefficient (Wildman–Crippen LogP) is 3.39. The summed E-state index contributed by atoms with van der Waals surface area (Å²) < 4.78 is 5.92. The number of anilines is 1. The second-order valence-electron chi connectivity index (χ2n) is 12.6. The van der Waals surface area contributed by atoms with Gasteiger partial charge in [0, 0.05) is 55.1 Å². The van der Waals surface area contributed by atoms with Gasteiger partial charge in [-0.3, -0.25) is 14.4 Å². The van der Waals surface area contributed by atoms with Gasteiger partial charge in [0.1, 0.15) is 12.6 Å². The van der Waals surface area contributed by atoms with Crippen LogP contribution in [0.2, 0.25) is 0 Å². The van der Waals surface area contributed by atoms with E-state index in [0.717, 1.165) is 68.3 Å². The van der Waals surface area contributed by atoms with Crippen molar-refractivity contribution in [1.29, 1.82) is 0 Å². The fourth-order valence-corrected chi connectivity index (χ4v) is 8.20. The van der Waals surface area contributed by atoms with E-state index >= 15 is 0 Å². The quantitative estimate of drug-likeness (QED) is 0.536. The van der Waals surface area contributed by atoms with E-state index < -0.39 is 17.9 Å². The predicted molar refractivity (Wildman–Crippen MR) is 159 cm³/mol. The van der Waals surface area contributed by atoms with Gasteiger partial charge in [0.15, 0.2) is 10.9 Å². The van der Waals surface area contributed by atoms with Crippen molar-refractivity contribution in [3.05, 3.63) is 34.7 Å². The molecule has 1 saturated carbocycles. The maximum Gasteiger partial charge on any atom is 0.249 e. The Hall–Kier alpha value is -2.82. The van der Waals surface area contributed by atoms with Crippen LogP contribution in [0.1, 0.15) is 61.4 Å². The molecular weight excluding hydrogens is 538 g/mol. The highest BCUT2D eigenvalue weighted by molar-refractivity contribution is 7.14. The van der Waals surface area contributed by atoms with Gasteiger partial charge in [-0.1, -0.05) is 32.8 Å². The minimum absolute atomic E-state index is 0.0283. The van der Waals surface area contributed by atoms with Crippen LogP contribution in [0.5, 0.6) is 0 Å². The molecule has 3 aliphatic heterocycles. The number of carbonyl (C=O) groups excluding carboxylic acids is 3. The number of hydrogen-bond donors (Lipinski definition) is 1. The number of likely N-dealkylation sites (tertiary alicyclic amines) is 1. The number of piperazine rings is 1. The molecule has 1 aromatic heterocycles. The normalized spacial score (nSPS) is 26.2. The Balaban J connectivity index is 1.37.